The quantitative estimate of drug-likeness (QED) is 0.412. The summed E-state index contributed by atoms with van der Waals surface area (Å²) in [5.41, 5.74) is 0.985. The van der Waals surface area contributed by atoms with Crippen molar-refractivity contribution < 1.29 is 19.1 Å². The standard InChI is InChI=1S/C22H30ClN5O4S/c1-6-31-19(30)16-13(2)24-21(33-16)27-20-25-17(23)14-9-7-11-28(18(14)26-20)12-8-10-15(29)32-22(3,4)5/h6-12H2,1-5H3,(H,24,25,26,27). The van der Waals surface area contributed by atoms with Gasteiger partial charge in [-0.3, -0.25) is 10.1 Å². The highest BCUT2D eigenvalue weighted by Crippen LogP contribution is 2.33. The van der Waals surface area contributed by atoms with E-state index in [1.54, 1.807) is 13.8 Å². The second-order valence-electron chi connectivity index (χ2n) is 8.70. The highest BCUT2D eigenvalue weighted by atomic mass is 35.5. The van der Waals surface area contributed by atoms with Crippen LogP contribution in [0.25, 0.3) is 0 Å². The number of carbonyl (C=O) groups excluding carboxylic acids is 2. The Bertz CT molecular complexity index is 1020. The maximum atomic E-state index is 12.1. The van der Waals surface area contributed by atoms with Gasteiger partial charge in [0.25, 0.3) is 0 Å². The molecule has 0 aromatic carbocycles. The maximum Gasteiger partial charge on any atom is 0.350 e. The zero-order valence-corrected chi connectivity index (χ0v) is 21.2. The molecule has 0 fully saturated rings. The summed E-state index contributed by atoms with van der Waals surface area (Å²) in [7, 11) is 0. The van der Waals surface area contributed by atoms with E-state index in [1.165, 1.54) is 11.3 Å². The number of aryl methyl sites for hydroxylation is 1. The molecule has 0 saturated heterocycles. The van der Waals surface area contributed by atoms with Crippen molar-refractivity contribution in [3.05, 3.63) is 21.3 Å². The molecule has 2 aromatic rings. The van der Waals surface area contributed by atoms with Crippen molar-refractivity contribution in [2.45, 2.75) is 65.9 Å². The predicted octanol–water partition coefficient (Wildman–Crippen LogP) is 4.69. The number of anilines is 3. The highest BCUT2D eigenvalue weighted by molar-refractivity contribution is 7.17. The van der Waals surface area contributed by atoms with Crippen molar-refractivity contribution in [3.63, 3.8) is 0 Å². The molecule has 11 heteroatoms. The second kappa shape index (κ2) is 10.6. The van der Waals surface area contributed by atoms with Gasteiger partial charge in [-0.25, -0.2) is 14.8 Å². The lowest BCUT2D eigenvalue weighted by molar-refractivity contribution is -0.154. The first-order chi connectivity index (χ1) is 15.6. The number of rotatable bonds is 8. The Balaban J connectivity index is 1.72. The summed E-state index contributed by atoms with van der Waals surface area (Å²) in [5.74, 6) is 0.453. The van der Waals surface area contributed by atoms with Gasteiger partial charge < -0.3 is 14.4 Å². The van der Waals surface area contributed by atoms with Gasteiger partial charge in [-0.05, 0) is 53.9 Å². The predicted molar refractivity (Wildman–Crippen MR) is 129 cm³/mol. The first-order valence-electron chi connectivity index (χ1n) is 11.0. The minimum absolute atomic E-state index is 0.209. The number of thiazole rings is 1. The third kappa shape index (κ3) is 6.77. The third-order valence-corrected chi connectivity index (χ3v) is 6.16. The lowest BCUT2D eigenvalue weighted by atomic mass is 10.1. The van der Waals surface area contributed by atoms with Crippen LogP contribution in [0.2, 0.25) is 5.15 Å². The number of aromatic nitrogens is 3. The van der Waals surface area contributed by atoms with Gasteiger partial charge in [0, 0.05) is 25.1 Å². The molecule has 3 heterocycles. The number of carbonyl (C=O) groups is 2. The van der Waals surface area contributed by atoms with E-state index in [1.807, 2.05) is 20.8 Å². The average Bonchev–Trinajstić information content (AvgIpc) is 3.07. The molecule has 180 valence electrons. The monoisotopic (exact) mass is 495 g/mol. The Morgan fingerprint density at radius 2 is 2.00 bits per heavy atom. The third-order valence-electron chi connectivity index (χ3n) is 4.79. The van der Waals surface area contributed by atoms with Gasteiger partial charge in [-0.2, -0.15) is 4.98 Å². The summed E-state index contributed by atoms with van der Waals surface area (Å²) in [5, 5.41) is 3.94. The zero-order chi connectivity index (χ0) is 24.2. The van der Waals surface area contributed by atoms with Gasteiger partial charge in [-0.15, -0.1) is 0 Å². The Kier molecular flexibility index (Phi) is 8.12. The minimum atomic E-state index is -0.489. The highest BCUT2D eigenvalue weighted by Gasteiger charge is 2.24. The number of hydrogen-bond donors (Lipinski definition) is 1. The van der Waals surface area contributed by atoms with Crippen molar-refractivity contribution in [2.24, 2.45) is 0 Å². The van der Waals surface area contributed by atoms with Gasteiger partial charge in [0.2, 0.25) is 5.95 Å². The number of nitrogens with one attached hydrogen (secondary N) is 1. The molecule has 0 radical (unpaired) electrons. The van der Waals surface area contributed by atoms with Crippen LogP contribution in [0, 0.1) is 6.92 Å². The number of halogens is 1. The van der Waals surface area contributed by atoms with Crippen molar-refractivity contribution in [1.29, 1.82) is 0 Å². The summed E-state index contributed by atoms with van der Waals surface area (Å²) in [6.45, 7) is 10.9. The van der Waals surface area contributed by atoms with Crippen LogP contribution in [0.1, 0.15) is 67.9 Å². The molecular weight excluding hydrogens is 466 g/mol. The Hall–Kier alpha value is -2.46. The van der Waals surface area contributed by atoms with E-state index < -0.39 is 11.6 Å². The van der Waals surface area contributed by atoms with Crippen LogP contribution in [0.4, 0.5) is 16.9 Å². The Morgan fingerprint density at radius 1 is 1.24 bits per heavy atom. The molecule has 0 atom stereocenters. The lowest BCUT2D eigenvalue weighted by Crippen LogP contribution is -2.32. The van der Waals surface area contributed by atoms with Gasteiger partial charge in [0.05, 0.1) is 12.3 Å². The van der Waals surface area contributed by atoms with E-state index >= 15 is 0 Å². The summed E-state index contributed by atoms with van der Waals surface area (Å²) in [6.07, 6.45) is 2.71. The molecule has 3 rings (SSSR count). The molecular formula is C22H30ClN5O4S. The first kappa shape index (κ1) is 25.2. The first-order valence-corrected chi connectivity index (χ1v) is 12.2. The fourth-order valence-electron chi connectivity index (χ4n) is 3.49. The topological polar surface area (TPSA) is 107 Å². The number of fused-ring (bicyclic) bond motifs is 1. The molecule has 1 aliphatic heterocycles. The smallest absolute Gasteiger partial charge is 0.350 e. The molecule has 0 aliphatic carbocycles. The summed E-state index contributed by atoms with van der Waals surface area (Å²) in [4.78, 5) is 40.1. The summed E-state index contributed by atoms with van der Waals surface area (Å²) >= 11 is 7.66. The summed E-state index contributed by atoms with van der Waals surface area (Å²) < 4.78 is 10.5. The van der Waals surface area contributed by atoms with E-state index in [4.69, 9.17) is 21.1 Å². The molecule has 2 aromatic heterocycles. The van der Waals surface area contributed by atoms with Gasteiger partial charge in [0.1, 0.15) is 21.4 Å². The van der Waals surface area contributed by atoms with Crippen molar-refractivity contribution in [1.82, 2.24) is 15.0 Å². The van der Waals surface area contributed by atoms with Crippen LogP contribution < -0.4 is 10.2 Å². The van der Waals surface area contributed by atoms with Gasteiger partial charge >= 0.3 is 11.9 Å². The largest absolute Gasteiger partial charge is 0.462 e. The van der Waals surface area contributed by atoms with Gasteiger partial charge in [-0.1, -0.05) is 22.9 Å². The van der Waals surface area contributed by atoms with E-state index in [9.17, 15) is 9.59 Å². The molecule has 0 saturated carbocycles. The molecule has 1 N–H and O–H groups in total. The van der Waals surface area contributed by atoms with Crippen molar-refractivity contribution in [3.8, 4) is 0 Å². The van der Waals surface area contributed by atoms with Crippen LogP contribution in [-0.4, -0.2) is 52.2 Å². The molecule has 0 amide bonds. The number of esters is 2. The molecule has 0 bridgehead atoms. The molecule has 0 unspecified atom stereocenters. The maximum absolute atomic E-state index is 12.1. The zero-order valence-electron chi connectivity index (χ0n) is 19.7. The van der Waals surface area contributed by atoms with Crippen LogP contribution >= 0.6 is 22.9 Å². The fourth-order valence-corrected chi connectivity index (χ4v) is 4.60. The van der Waals surface area contributed by atoms with Crippen LogP contribution in [0.15, 0.2) is 0 Å². The normalized spacial score (nSPS) is 13.5. The van der Waals surface area contributed by atoms with Crippen molar-refractivity contribution >= 4 is 51.8 Å². The van der Waals surface area contributed by atoms with E-state index in [-0.39, 0.29) is 5.97 Å². The number of hydrogen-bond acceptors (Lipinski definition) is 10. The second-order valence-corrected chi connectivity index (χ2v) is 10.1. The summed E-state index contributed by atoms with van der Waals surface area (Å²) in [6, 6.07) is 0. The lowest BCUT2D eigenvalue weighted by Gasteiger charge is -2.30. The van der Waals surface area contributed by atoms with Crippen LogP contribution in [0.3, 0.4) is 0 Å². The molecule has 33 heavy (non-hydrogen) atoms. The Labute approximate surface area is 202 Å². The van der Waals surface area contributed by atoms with Crippen LogP contribution in [0.5, 0.6) is 0 Å². The number of nitrogens with zero attached hydrogens (tertiary/aromatic N) is 4. The van der Waals surface area contributed by atoms with Crippen molar-refractivity contribution in [2.75, 3.05) is 29.9 Å². The SMILES string of the molecule is CCOC(=O)c1sc(Nc2nc(Cl)c3c(n2)N(CCCC(=O)OC(C)(C)C)CCC3)nc1C. The Morgan fingerprint density at radius 3 is 2.70 bits per heavy atom. The fraction of sp³-hybridized carbons (Fsp3) is 0.591. The molecule has 1 aliphatic rings. The van der Waals surface area contributed by atoms with Crippen LogP contribution in [-0.2, 0) is 20.7 Å². The minimum Gasteiger partial charge on any atom is -0.462 e. The van der Waals surface area contributed by atoms with E-state index in [0.717, 1.165) is 30.8 Å². The average molecular weight is 496 g/mol. The van der Waals surface area contributed by atoms with Gasteiger partial charge in [0.15, 0.2) is 5.13 Å². The van der Waals surface area contributed by atoms with E-state index in [0.29, 0.717) is 52.8 Å². The number of ether oxygens (including phenoxy) is 2. The molecule has 0 spiro atoms. The molecule has 9 nitrogen and oxygen atoms in total. The van der Waals surface area contributed by atoms with E-state index in [2.05, 4.69) is 25.2 Å².